The first-order valence-electron chi connectivity index (χ1n) is 7.46. The van der Waals surface area contributed by atoms with Crippen LogP contribution in [0.3, 0.4) is 0 Å². The number of hydrogen-bond donors (Lipinski definition) is 2. The molecular weight excluding hydrogens is 307 g/mol. The Bertz CT molecular complexity index is 825. The van der Waals surface area contributed by atoms with Crippen LogP contribution < -0.4 is 15.4 Å². The molecule has 0 amide bonds. The summed E-state index contributed by atoms with van der Waals surface area (Å²) in [5.41, 5.74) is 1.35. The highest BCUT2D eigenvalue weighted by Gasteiger charge is 2.05. The quantitative estimate of drug-likeness (QED) is 0.718. The number of anilines is 3. The number of aromatic nitrogens is 2. The summed E-state index contributed by atoms with van der Waals surface area (Å²) in [6, 6.07) is 15.9. The summed E-state index contributed by atoms with van der Waals surface area (Å²) in [6.45, 7) is 0.556. The van der Waals surface area contributed by atoms with Crippen LogP contribution in [-0.4, -0.2) is 17.1 Å². The van der Waals surface area contributed by atoms with Crippen molar-refractivity contribution in [2.75, 3.05) is 17.7 Å². The first-order chi connectivity index (χ1) is 11.8. The molecule has 0 bridgehead atoms. The largest absolute Gasteiger partial charge is 0.496 e. The lowest BCUT2D eigenvalue weighted by Gasteiger charge is -2.11. The lowest BCUT2D eigenvalue weighted by atomic mass is 10.2. The Morgan fingerprint density at radius 1 is 1.04 bits per heavy atom. The molecule has 24 heavy (non-hydrogen) atoms. The van der Waals surface area contributed by atoms with Crippen LogP contribution in [0.2, 0.25) is 0 Å². The molecule has 122 valence electrons. The summed E-state index contributed by atoms with van der Waals surface area (Å²) in [5.74, 6) is 1.41. The fourth-order valence-electron chi connectivity index (χ4n) is 2.24. The van der Waals surface area contributed by atoms with Gasteiger partial charge in [0.1, 0.15) is 17.4 Å². The maximum absolute atomic E-state index is 13.7. The van der Waals surface area contributed by atoms with Gasteiger partial charge in [-0.25, -0.2) is 9.37 Å². The van der Waals surface area contributed by atoms with Gasteiger partial charge >= 0.3 is 0 Å². The molecule has 0 radical (unpaired) electrons. The Labute approximate surface area is 139 Å². The number of para-hydroxylation sites is 2. The van der Waals surface area contributed by atoms with E-state index in [1.54, 1.807) is 37.6 Å². The second-order valence-electron chi connectivity index (χ2n) is 5.04. The van der Waals surface area contributed by atoms with Crippen molar-refractivity contribution in [2.45, 2.75) is 6.54 Å². The van der Waals surface area contributed by atoms with Gasteiger partial charge in [0.05, 0.1) is 12.8 Å². The Kier molecular flexibility index (Phi) is 4.86. The second kappa shape index (κ2) is 7.41. The molecule has 0 fully saturated rings. The van der Waals surface area contributed by atoms with Crippen LogP contribution in [-0.2, 0) is 6.54 Å². The average Bonchev–Trinajstić information content (AvgIpc) is 2.62. The van der Waals surface area contributed by atoms with Crippen LogP contribution in [0.1, 0.15) is 5.56 Å². The number of halogens is 1. The first-order valence-corrected chi connectivity index (χ1v) is 7.46. The Balaban J connectivity index is 1.70. The fourth-order valence-corrected chi connectivity index (χ4v) is 2.24. The van der Waals surface area contributed by atoms with E-state index in [4.69, 9.17) is 4.74 Å². The van der Waals surface area contributed by atoms with Crippen molar-refractivity contribution < 1.29 is 9.13 Å². The number of hydrogen-bond acceptors (Lipinski definition) is 5. The highest BCUT2D eigenvalue weighted by atomic mass is 19.1. The lowest BCUT2D eigenvalue weighted by molar-refractivity contribution is 0.410. The third-order valence-corrected chi connectivity index (χ3v) is 3.43. The maximum Gasteiger partial charge on any atom is 0.229 e. The monoisotopic (exact) mass is 324 g/mol. The van der Waals surface area contributed by atoms with Gasteiger partial charge in [0.2, 0.25) is 5.95 Å². The van der Waals surface area contributed by atoms with Crippen molar-refractivity contribution in [3.63, 3.8) is 0 Å². The first kappa shape index (κ1) is 15.7. The molecule has 3 rings (SSSR count). The SMILES string of the molecule is COc1ccccc1CNc1ccnc(Nc2ccccc2F)n1. The topological polar surface area (TPSA) is 59.1 Å². The zero-order valence-electron chi connectivity index (χ0n) is 13.2. The van der Waals surface area contributed by atoms with Crippen LogP contribution in [0.4, 0.5) is 21.8 Å². The second-order valence-corrected chi connectivity index (χ2v) is 5.04. The van der Waals surface area contributed by atoms with E-state index >= 15 is 0 Å². The van der Waals surface area contributed by atoms with Crippen molar-refractivity contribution in [2.24, 2.45) is 0 Å². The van der Waals surface area contributed by atoms with Crippen molar-refractivity contribution in [3.05, 3.63) is 72.2 Å². The minimum Gasteiger partial charge on any atom is -0.496 e. The molecule has 2 N–H and O–H groups in total. The normalized spacial score (nSPS) is 10.2. The van der Waals surface area contributed by atoms with Gasteiger partial charge in [0.25, 0.3) is 0 Å². The molecule has 0 atom stereocenters. The molecule has 1 aromatic heterocycles. The number of nitrogens with one attached hydrogen (secondary N) is 2. The van der Waals surface area contributed by atoms with E-state index in [1.807, 2.05) is 24.3 Å². The van der Waals surface area contributed by atoms with Gasteiger partial charge < -0.3 is 15.4 Å². The summed E-state index contributed by atoms with van der Waals surface area (Å²) in [6.07, 6.45) is 1.61. The minimum absolute atomic E-state index is 0.324. The highest BCUT2D eigenvalue weighted by molar-refractivity contribution is 5.55. The standard InChI is InChI=1S/C18H17FN4O/c1-24-16-9-5-2-6-13(16)12-21-17-10-11-20-18(23-17)22-15-8-4-3-7-14(15)19/h2-11H,12H2,1H3,(H2,20,21,22,23). The van der Waals surface area contributed by atoms with Crippen molar-refractivity contribution >= 4 is 17.5 Å². The van der Waals surface area contributed by atoms with E-state index in [0.29, 0.717) is 24.0 Å². The van der Waals surface area contributed by atoms with E-state index in [1.165, 1.54) is 6.07 Å². The van der Waals surface area contributed by atoms with Crippen LogP contribution in [0.5, 0.6) is 5.75 Å². The number of methoxy groups -OCH3 is 1. The molecule has 0 unspecified atom stereocenters. The fraction of sp³-hybridized carbons (Fsp3) is 0.111. The van der Waals surface area contributed by atoms with Crippen LogP contribution in [0.25, 0.3) is 0 Å². The summed E-state index contributed by atoms with van der Waals surface area (Å²) < 4.78 is 19.0. The van der Waals surface area contributed by atoms with Crippen molar-refractivity contribution in [3.8, 4) is 5.75 Å². The number of rotatable bonds is 6. The molecule has 5 nitrogen and oxygen atoms in total. The van der Waals surface area contributed by atoms with Gasteiger partial charge in [-0.15, -0.1) is 0 Å². The molecule has 6 heteroatoms. The van der Waals surface area contributed by atoms with E-state index in [9.17, 15) is 4.39 Å². The van der Waals surface area contributed by atoms with Gasteiger partial charge in [-0.2, -0.15) is 4.98 Å². The molecule has 0 aliphatic carbocycles. The summed E-state index contributed by atoms with van der Waals surface area (Å²) in [4.78, 5) is 8.45. The number of ether oxygens (including phenoxy) is 1. The zero-order chi connectivity index (χ0) is 16.8. The molecule has 2 aromatic carbocycles. The average molecular weight is 324 g/mol. The molecule has 0 saturated heterocycles. The van der Waals surface area contributed by atoms with E-state index < -0.39 is 0 Å². The summed E-state index contributed by atoms with van der Waals surface area (Å²) >= 11 is 0. The molecule has 0 aliphatic rings. The van der Waals surface area contributed by atoms with Crippen LogP contribution in [0, 0.1) is 5.82 Å². The van der Waals surface area contributed by atoms with E-state index in [-0.39, 0.29) is 5.82 Å². The Morgan fingerprint density at radius 3 is 2.67 bits per heavy atom. The predicted octanol–water partition coefficient (Wildman–Crippen LogP) is 3.98. The van der Waals surface area contributed by atoms with Crippen LogP contribution in [0.15, 0.2) is 60.8 Å². The highest BCUT2D eigenvalue weighted by Crippen LogP contribution is 2.20. The Hall–Kier alpha value is -3.15. The van der Waals surface area contributed by atoms with Crippen molar-refractivity contribution in [1.29, 1.82) is 0 Å². The van der Waals surface area contributed by atoms with Gasteiger partial charge in [-0.05, 0) is 24.3 Å². The van der Waals surface area contributed by atoms with E-state index in [0.717, 1.165) is 11.3 Å². The number of nitrogens with zero attached hydrogens (tertiary/aromatic N) is 2. The zero-order valence-corrected chi connectivity index (χ0v) is 13.2. The van der Waals surface area contributed by atoms with Crippen molar-refractivity contribution in [1.82, 2.24) is 9.97 Å². The summed E-state index contributed by atoms with van der Waals surface area (Å²) in [5, 5.41) is 6.08. The van der Waals surface area contributed by atoms with Gasteiger partial charge in [0, 0.05) is 18.3 Å². The van der Waals surface area contributed by atoms with E-state index in [2.05, 4.69) is 20.6 Å². The lowest BCUT2D eigenvalue weighted by Crippen LogP contribution is -2.05. The molecular formula is C18H17FN4O. The Morgan fingerprint density at radius 2 is 1.83 bits per heavy atom. The third-order valence-electron chi connectivity index (χ3n) is 3.43. The minimum atomic E-state index is -0.353. The van der Waals surface area contributed by atoms with Gasteiger partial charge in [-0.1, -0.05) is 30.3 Å². The molecule has 0 spiro atoms. The molecule has 0 saturated carbocycles. The maximum atomic E-state index is 13.7. The number of benzene rings is 2. The summed E-state index contributed by atoms with van der Waals surface area (Å²) in [7, 11) is 1.64. The third kappa shape index (κ3) is 3.78. The molecule has 3 aromatic rings. The predicted molar refractivity (Wildman–Crippen MR) is 92.0 cm³/mol. The van der Waals surface area contributed by atoms with Gasteiger partial charge in [-0.3, -0.25) is 0 Å². The van der Waals surface area contributed by atoms with Crippen LogP contribution >= 0.6 is 0 Å². The molecule has 1 heterocycles. The van der Waals surface area contributed by atoms with Gasteiger partial charge in [0.15, 0.2) is 0 Å². The smallest absolute Gasteiger partial charge is 0.229 e. The molecule has 0 aliphatic heterocycles.